The van der Waals surface area contributed by atoms with Crippen LogP contribution in [0.25, 0.3) is 54.6 Å². The lowest BCUT2D eigenvalue weighted by atomic mass is 9.79. The van der Waals surface area contributed by atoms with Crippen molar-refractivity contribution < 1.29 is 0 Å². The molecule has 2 aliphatic carbocycles. The van der Waals surface area contributed by atoms with Crippen LogP contribution in [-0.2, 0) is 10.8 Å². The van der Waals surface area contributed by atoms with E-state index in [-0.39, 0.29) is 10.8 Å². The summed E-state index contributed by atoms with van der Waals surface area (Å²) in [7, 11) is 0. The van der Waals surface area contributed by atoms with Crippen LogP contribution < -0.4 is 4.90 Å². The summed E-state index contributed by atoms with van der Waals surface area (Å²) in [4.78, 5) is 2.62. The Morgan fingerprint density at radius 2 is 0.776 bits per heavy atom. The van der Waals surface area contributed by atoms with Crippen LogP contribution in [0.4, 0.5) is 17.1 Å². The number of fused-ring (bicyclic) bond motifs is 11. The Kier molecular flexibility index (Phi) is 5.75. The third-order valence-electron chi connectivity index (χ3n) is 11.5. The molecule has 0 aliphatic heterocycles. The summed E-state index contributed by atoms with van der Waals surface area (Å²) in [6.45, 7) is 9.62. The van der Waals surface area contributed by atoms with Crippen molar-refractivity contribution in [2.75, 3.05) is 4.90 Å². The average molecular weight is 628 g/mol. The molecule has 2 aliphatic rings. The Hall–Kier alpha value is -5.66. The fraction of sp³-hybridized carbons (Fsp3) is 0.125. The van der Waals surface area contributed by atoms with Crippen LogP contribution in [0.15, 0.2) is 152 Å². The van der Waals surface area contributed by atoms with Crippen LogP contribution in [0.5, 0.6) is 0 Å². The second-order valence-corrected chi connectivity index (χ2v) is 14.9. The van der Waals surface area contributed by atoms with E-state index in [1.54, 1.807) is 0 Å². The third-order valence-corrected chi connectivity index (χ3v) is 11.5. The fourth-order valence-corrected chi connectivity index (χ4v) is 9.42. The smallest absolute Gasteiger partial charge is 0.0550 e. The van der Waals surface area contributed by atoms with E-state index in [0.717, 1.165) is 0 Å². The van der Waals surface area contributed by atoms with E-state index in [4.69, 9.17) is 0 Å². The molecular formula is C48H37N. The summed E-state index contributed by atoms with van der Waals surface area (Å²) >= 11 is 0. The SMILES string of the molecule is CC1(C)c2ccccc2-c2c(N(c3cc4ccccc4c4c3-c3ccccc3C4(C)C)c3cccc4ccccc34)cc3ccccc3c21. The predicted octanol–water partition coefficient (Wildman–Crippen LogP) is 13.2. The summed E-state index contributed by atoms with van der Waals surface area (Å²) in [6, 6.07) is 56.7. The number of hydrogen-bond donors (Lipinski definition) is 0. The molecule has 0 saturated heterocycles. The number of anilines is 3. The summed E-state index contributed by atoms with van der Waals surface area (Å²) in [5, 5.41) is 7.67. The van der Waals surface area contributed by atoms with E-state index in [1.165, 1.54) is 93.9 Å². The van der Waals surface area contributed by atoms with Gasteiger partial charge in [0.25, 0.3) is 0 Å². The summed E-state index contributed by atoms with van der Waals surface area (Å²) in [5.41, 5.74) is 14.2. The standard InChI is InChI=1S/C48H37N/c1-47(2)38-25-13-11-23-36(38)43-41(28-31-17-6-9-21-34(31)45(43)47)49(40-27-15-19-30-16-5-8-20-33(30)40)42-29-32-18-7-10-22-35(32)46-44(42)37-24-12-14-26-39(37)48(46,3)4/h5-29H,1-4H3. The molecule has 0 atom stereocenters. The van der Waals surface area contributed by atoms with Gasteiger partial charge in [-0.2, -0.15) is 0 Å². The highest BCUT2D eigenvalue weighted by molar-refractivity contribution is 6.12. The van der Waals surface area contributed by atoms with Crippen molar-refractivity contribution in [2.45, 2.75) is 38.5 Å². The van der Waals surface area contributed by atoms with Crippen molar-refractivity contribution in [1.82, 2.24) is 0 Å². The molecule has 0 saturated carbocycles. The van der Waals surface area contributed by atoms with Crippen molar-refractivity contribution in [3.8, 4) is 22.3 Å². The van der Waals surface area contributed by atoms with Crippen LogP contribution in [0.1, 0.15) is 49.9 Å². The number of nitrogens with zero attached hydrogens (tertiary/aromatic N) is 1. The van der Waals surface area contributed by atoms with Gasteiger partial charge in [-0.15, -0.1) is 0 Å². The molecular weight excluding hydrogens is 591 g/mol. The van der Waals surface area contributed by atoms with E-state index in [1.807, 2.05) is 0 Å². The Labute approximate surface area is 288 Å². The molecule has 0 fully saturated rings. The Morgan fingerprint density at radius 3 is 1.31 bits per heavy atom. The molecule has 0 aromatic heterocycles. The van der Waals surface area contributed by atoms with Crippen LogP contribution in [-0.4, -0.2) is 0 Å². The van der Waals surface area contributed by atoms with E-state index >= 15 is 0 Å². The topological polar surface area (TPSA) is 3.24 Å². The lowest BCUT2D eigenvalue weighted by Gasteiger charge is -2.33. The first kappa shape index (κ1) is 28.4. The molecule has 0 spiro atoms. The molecule has 1 heteroatoms. The van der Waals surface area contributed by atoms with Crippen LogP contribution in [0.3, 0.4) is 0 Å². The second-order valence-electron chi connectivity index (χ2n) is 14.9. The number of rotatable bonds is 3. The largest absolute Gasteiger partial charge is 0.309 e. The first-order valence-electron chi connectivity index (χ1n) is 17.5. The molecule has 8 aromatic rings. The molecule has 1 nitrogen and oxygen atoms in total. The quantitative estimate of drug-likeness (QED) is 0.188. The van der Waals surface area contributed by atoms with E-state index in [0.29, 0.717) is 0 Å². The molecule has 8 aromatic carbocycles. The van der Waals surface area contributed by atoms with Gasteiger partial charge in [0.1, 0.15) is 0 Å². The minimum atomic E-state index is -0.161. The maximum atomic E-state index is 2.62. The summed E-state index contributed by atoms with van der Waals surface area (Å²) < 4.78 is 0. The second kappa shape index (κ2) is 9.94. The van der Waals surface area contributed by atoms with Gasteiger partial charge in [-0.25, -0.2) is 0 Å². The lowest BCUT2D eigenvalue weighted by Crippen LogP contribution is -2.18. The van der Waals surface area contributed by atoms with E-state index < -0.39 is 0 Å². The van der Waals surface area contributed by atoms with Gasteiger partial charge in [-0.05, 0) is 78.5 Å². The highest BCUT2D eigenvalue weighted by atomic mass is 15.2. The van der Waals surface area contributed by atoms with Crippen molar-refractivity contribution >= 4 is 49.4 Å². The molecule has 0 bridgehead atoms. The van der Waals surface area contributed by atoms with Gasteiger partial charge in [-0.3, -0.25) is 0 Å². The molecule has 234 valence electrons. The van der Waals surface area contributed by atoms with Gasteiger partial charge < -0.3 is 4.90 Å². The molecule has 49 heavy (non-hydrogen) atoms. The number of hydrogen-bond acceptors (Lipinski definition) is 1. The van der Waals surface area contributed by atoms with Gasteiger partial charge in [0, 0.05) is 27.3 Å². The van der Waals surface area contributed by atoms with E-state index in [2.05, 4.69) is 184 Å². The van der Waals surface area contributed by atoms with Gasteiger partial charge in [0.15, 0.2) is 0 Å². The van der Waals surface area contributed by atoms with Crippen molar-refractivity contribution in [3.05, 3.63) is 174 Å². The van der Waals surface area contributed by atoms with Gasteiger partial charge in [-0.1, -0.05) is 161 Å². The molecule has 0 unspecified atom stereocenters. The predicted molar refractivity (Wildman–Crippen MR) is 209 cm³/mol. The highest BCUT2D eigenvalue weighted by Crippen LogP contribution is 2.61. The lowest BCUT2D eigenvalue weighted by molar-refractivity contribution is 0.666. The Balaban J connectivity index is 1.43. The highest BCUT2D eigenvalue weighted by Gasteiger charge is 2.42. The molecule has 0 amide bonds. The van der Waals surface area contributed by atoms with Crippen molar-refractivity contribution in [1.29, 1.82) is 0 Å². The van der Waals surface area contributed by atoms with Crippen LogP contribution >= 0.6 is 0 Å². The van der Waals surface area contributed by atoms with Gasteiger partial charge in [0.2, 0.25) is 0 Å². The zero-order chi connectivity index (χ0) is 33.1. The van der Waals surface area contributed by atoms with E-state index in [9.17, 15) is 0 Å². The molecule has 0 heterocycles. The van der Waals surface area contributed by atoms with Crippen LogP contribution in [0, 0.1) is 0 Å². The normalized spacial score (nSPS) is 14.9. The van der Waals surface area contributed by atoms with Crippen molar-refractivity contribution in [2.24, 2.45) is 0 Å². The average Bonchev–Trinajstić information content (AvgIpc) is 3.53. The Bertz CT molecular complexity index is 2520. The van der Waals surface area contributed by atoms with Crippen LogP contribution in [0.2, 0.25) is 0 Å². The molecule has 0 N–H and O–H groups in total. The zero-order valence-corrected chi connectivity index (χ0v) is 28.4. The Morgan fingerprint density at radius 1 is 0.367 bits per heavy atom. The minimum Gasteiger partial charge on any atom is -0.309 e. The first-order valence-corrected chi connectivity index (χ1v) is 17.5. The summed E-state index contributed by atoms with van der Waals surface area (Å²) in [5.74, 6) is 0. The third kappa shape index (κ3) is 3.76. The maximum absolute atomic E-state index is 2.62. The first-order chi connectivity index (χ1) is 23.9. The van der Waals surface area contributed by atoms with Gasteiger partial charge >= 0.3 is 0 Å². The zero-order valence-electron chi connectivity index (χ0n) is 28.4. The van der Waals surface area contributed by atoms with Crippen molar-refractivity contribution in [3.63, 3.8) is 0 Å². The fourth-order valence-electron chi connectivity index (χ4n) is 9.42. The van der Waals surface area contributed by atoms with Gasteiger partial charge in [0.05, 0.1) is 17.1 Å². The maximum Gasteiger partial charge on any atom is 0.0550 e. The molecule has 0 radical (unpaired) electrons. The summed E-state index contributed by atoms with van der Waals surface area (Å²) in [6.07, 6.45) is 0. The number of benzene rings is 8. The minimum absolute atomic E-state index is 0.161. The molecule has 10 rings (SSSR count). The monoisotopic (exact) mass is 627 g/mol.